The Morgan fingerprint density at radius 1 is 1.33 bits per heavy atom. The van der Waals surface area contributed by atoms with Gasteiger partial charge in [0.15, 0.2) is 0 Å². The fourth-order valence-electron chi connectivity index (χ4n) is 2.75. The van der Waals surface area contributed by atoms with Crippen molar-refractivity contribution in [3.8, 4) is 0 Å². The number of fused-ring (bicyclic) bond motifs is 3. The van der Waals surface area contributed by atoms with E-state index >= 15 is 0 Å². The maximum absolute atomic E-state index is 12.0. The minimum absolute atomic E-state index is 0.0235. The van der Waals surface area contributed by atoms with E-state index in [2.05, 4.69) is 34.0 Å². The van der Waals surface area contributed by atoms with Gasteiger partial charge in [0, 0.05) is 10.1 Å². The molecule has 0 spiro atoms. The largest absolute Gasteiger partial charge is 0.347 e. The summed E-state index contributed by atoms with van der Waals surface area (Å²) < 4.78 is 1.22. The van der Waals surface area contributed by atoms with Crippen LogP contribution >= 0.6 is 22.6 Å². The molecule has 3 rings (SSSR count). The van der Waals surface area contributed by atoms with Crippen LogP contribution in [0.4, 0.5) is 0 Å². The zero-order valence-corrected chi connectivity index (χ0v) is 11.9. The van der Waals surface area contributed by atoms with Crippen LogP contribution in [0.2, 0.25) is 0 Å². The molecule has 1 atom stereocenters. The lowest BCUT2D eigenvalue weighted by atomic mass is 9.91. The quantitative estimate of drug-likeness (QED) is 0.712. The Morgan fingerprint density at radius 2 is 2.17 bits per heavy atom. The molecule has 1 aromatic rings. The van der Waals surface area contributed by atoms with E-state index in [-0.39, 0.29) is 24.4 Å². The molecule has 1 fully saturated rings. The van der Waals surface area contributed by atoms with Gasteiger partial charge in [0.25, 0.3) is 0 Å². The summed E-state index contributed by atoms with van der Waals surface area (Å²) in [5, 5.41) is 2.66. The average molecular weight is 356 g/mol. The second-order valence-electron chi connectivity index (χ2n) is 4.64. The van der Waals surface area contributed by atoms with E-state index in [1.165, 1.54) is 9.13 Å². The van der Waals surface area contributed by atoms with E-state index in [0.29, 0.717) is 13.0 Å². The van der Waals surface area contributed by atoms with Crippen molar-refractivity contribution in [3.05, 3.63) is 32.9 Å². The minimum atomic E-state index is -0.0848. The second kappa shape index (κ2) is 4.53. The molecule has 2 heterocycles. The van der Waals surface area contributed by atoms with Crippen LogP contribution < -0.4 is 5.32 Å². The van der Waals surface area contributed by atoms with Crippen LogP contribution in [-0.2, 0) is 16.0 Å². The highest BCUT2D eigenvalue weighted by atomic mass is 127. The molecular weight excluding hydrogens is 343 g/mol. The first-order valence-corrected chi connectivity index (χ1v) is 7.08. The van der Waals surface area contributed by atoms with Gasteiger partial charge in [0.2, 0.25) is 11.8 Å². The van der Waals surface area contributed by atoms with Crippen molar-refractivity contribution in [3.63, 3.8) is 0 Å². The summed E-state index contributed by atoms with van der Waals surface area (Å²) in [5.74, 6) is -0.0158. The SMILES string of the molecule is O=C1CC2c3cccc(I)c3CCN2C(=O)CN1. The Balaban J connectivity index is 2.07. The lowest BCUT2D eigenvalue weighted by Crippen LogP contribution is -2.41. The van der Waals surface area contributed by atoms with Crippen molar-refractivity contribution in [2.45, 2.75) is 18.9 Å². The van der Waals surface area contributed by atoms with Crippen LogP contribution in [0.15, 0.2) is 18.2 Å². The monoisotopic (exact) mass is 356 g/mol. The Morgan fingerprint density at radius 3 is 3.00 bits per heavy atom. The molecule has 0 bridgehead atoms. The number of benzene rings is 1. The number of amides is 2. The number of carbonyl (C=O) groups is 2. The lowest BCUT2D eigenvalue weighted by molar-refractivity contribution is -0.132. The molecule has 4 nitrogen and oxygen atoms in total. The Labute approximate surface area is 119 Å². The summed E-state index contributed by atoms with van der Waals surface area (Å²) in [6.07, 6.45) is 1.25. The second-order valence-corrected chi connectivity index (χ2v) is 5.80. The van der Waals surface area contributed by atoms with Crippen molar-refractivity contribution in [2.24, 2.45) is 0 Å². The van der Waals surface area contributed by atoms with Gasteiger partial charge in [-0.3, -0.25) is 9.59 Å². The maximum Gasteiger partial charge on any atom is 0.242 e. The highest BCUT2D eigenvalue weighted by Crippen LogP contribution is 2.35. The molecule has 94 valence electrons. The minimum Gasteiger partial charge on any atom is -0.347 e. The van der Waals surface area contributed by atoms with Crippen molar-refractivity contribution >= 4 is 34.4 Å². The van der Waals surface area contributed by atoms with Gasteiger partial charge in [0.1, 0.15) is 0 Å². The Hall–Kier alpha value is -1.11. The van der Waals surface area contributed by atoms with Crippen LogP contribution in [0.1, 0.15) is 23.6 Å². The topological polar surface area (TPSA) is 49.4 Å². The number of nitrogens with zero attached hydrogens (tertiary/aromatic N) is 1. The van der Waals surface area contributed by atoms with Gasteiger partial charge in [-0.25, -0.2) is 0 Å². The van der Waals surface area contributed by atoms with Crippen LogP contribution in [0.3, 0.4) is 0 Å². The predicted octanol–water partition coefficient (Wildman–Crippen LogP) is 1.24. The highest BCUT2D eigenvalue weighted by molar-refractivity contribution is 14.1. The van der Waals surface area contributed by atoms with Crippen LogP contribution in [0.25, 0.3) is 0 Å². The van der Waals surface area contributed by atoms with Crippen LogP contribution in [0, 0.1) is 3.57 Å². The van der Waals surface area contributed by atoms with Crippen molar-refractivity contribution in [1.29, 1.82) is 0 Å². The molecule has 0 radical (unpaired) electrons. The van der Waals surface area contributed by atoms with E-state index in [4.69, 9.17) is 0 Å². The van der Waals surface area contributed by atoms with Crippen molar-refractivity contribution in [2.75, 3.05) is 13.1 Å². The first kappa shape index (κ1) is 12.0. The molecule has 1 saturated heterocycles. The molecule has 1 unspecified atom stereocenters. The first-order valence-electron chi connectivity index (χ1n) is 6.00. The van der Waals surface area contributed by atoms with E-state index in [1.807, 2.05) is 17.0 Å². The zero-order chi connectivity index (χ0) is 12.7. The Bertz CT molecular complexity index is 530. The molecular formula is C13H13IN2O2. The molecule has 2 aliphatic rings. The molecule has 1 aromatic carbocycles. The maximum atomic E-state index is 12.0. The van der Waals surface area contributed by atoms with Gasteiger partial charge < -0.3 is 10.2 Å². The molecule has 5 heteroatoms. The predicted molar refractivity (Wildman–Crippen MR) is 74.9 cm³/mol. The van der Waals surface area contributed by atoms with Crippen molar-refractivity contribution < 1.29 is 9.59 Å². The van der Waals surface area contributed by atoms with Gasteiger partial charge in [0.05, 0.1) is 19.0 Å². The van der Waals surface area contributed by atoms with E-state index < -0.39 is 0 Å². The smallest absolute Gasteiger partial charge is 0.242 e. The summed E-state index contributed by atoms with van der Waals surface area (Å²) in [7, 11) is 0. The number of carbonyl (C=O) groups excluding carboxylic acids is 2. The fraction of sp³-hybridized carbons (Fsp3) is 0.385. The van der Waals surface area contributed by atoms with Gasteiger partial charge in [-0.2, -0.15) is 0 Å². The molecule has 0 aromatic heterocycles. The van der Waals surface area contributed by atoms with Gasteiger partial charge >= 0.3 is 0 Å². The molecule has 2 amide bonds. The number of halogens is 1. The summed E-state index contributed by atoms with van der Waals surface area (Å²) in [5.41, 5.74) is 2.43. The van der Waals surface area contributed by atoms with E-state index in [1.54, 1.807) is 0 Å². The summed E-state index contributed by atoms with van der Waals surface area (Å²) in [6.45, 7) is 0.847. The van der Waals surface area contributed by atoms with Crippen LogP contribution in [-0.4, -0.2) is 29.8 Å². The molecule has 0 aliphatic carbocycles. The average Bonchev–Trinajstić information content (AvgIpc) is 2.50. The Kier molecular flexibility index (Phi) is 3.01. The third-order valence-electron chi connectivity index (χ3n) is 3.63. The van der Waals surface area contributed by atoms with Gasteiger partial charge in [-0.05, 0) is 46.2 Å². The number of hydrogen-bond acceptors (Lipinski definition) is 2. The normalized spacial score (nSPS) is 22.9. The first-order chi connectivity index (χ1) is 8.66. The third kappa shape index (κ3) is 1.90. The third-order valence-corrected chi connectivity index (χ3v) is 4.64. The standard InChI is InChI=1S/C13H13IN2O2/c14-10-3-1-2-9-8(10)4-5-16-11(9)6-12(17)15-7-13(16)18/h1-3,11H,4-7H2,(H,15,17). The summed E-state index contributed by atoms with van der Waals surface area (Å²) in [6, 6.07) is 6.03. The summed E-state index contributed by atoms with van der Waals surface area (Å²) >= 11 is 2.32. The van der Waals surface area contributed by atoms with Crippen LogP contribution in [0.5, 0.6) is 0 Å². The fourth-order valence-corrected chi connectivity index (χ4v) is 3.54. The number of rotatable bonds is 0. The number of nitrogens with one attached hydrogen (secondary N) is 1. The molecule has 2 aliphatic heterocycles. The lowest BCUT2D eigenvalue weighted by Gasteiger charge is -2.35. The summed E-state index contributed by atoms with van der Waals surface area (Å²) in [4.78, 5) is 25.5. The zero-order valence-electron chi connectivity index (χ0n) is 9.78. The van der Waals surface area contributed by atoms with Crippen molar-refractivity contribution in [1.82, 2.24) is 10.2 Å². The molecule has 1 N–H and O–H groups in total. The van der Waals surface area contributed by atoms with Gasteiger partial charge in [-0.1, -0.05) is 12.1 Å². The molecule has 18 heavy (non-hydrogen) atoms. The van der Waals surface area contributed by atoms with E-state index in [9.17, 15) is 9.59 Å². The van der Waals surface area contributed by atoms with Gasteiger partial charge in [-0.15, -0.1) is 0 Å². The molecule has 0 saturated carbocycles. The number of hydrogen-bond donors (Lipinski definition) is 1. The highest BCUT2D eigenvalue weighted by Gasteiger charge is 2.35. The van der Waals surface area contributed by atoms with E-state index in [0.717, 1.165) is 12.0 Å².